The molecule has 0 aromatic heterocycles. The Hall–Kier alpha value is -1.46. The second kappa shape index (κ2) is 9.88. The molecule has 0 bridgehead atoms. The molecule has 136 valence electrons. The van der Waals surface area contributed by atoms with Crippen LogP contribution in [0.5, 0.6) is 0 Å². The number of nitrogens with zero attached hydrogens (tertiary/aromatic N) is 1. The van der Waals surface area contributed by atoms with Crippen molar-refractivity contribution >= 4 is 35.2 Å². The van der Waals surface area contributed by atoms with Gasteiger partial charge in [0, 0.05) is 22.9 Å². The standard InChI is InChI=1S/C19H25ClN2O2S/c1-3-5-14(2)19(24)22-13-25-12-17(22)18(23)21-11-4-6-15-7-9-16(20)10-8-15/h5,7-10,17H,3-4,6,11-13H2,1-2H3,(H,21,23). The Morgan fingerprint density at radius 2 is 2.08 bits per heavy atom. The van der Waals surface area contributed by atoms with Gasteiger partial charge in [-0.15, -0.1) is 11.8 Å². The normalized spacial score (nSPS) is 17.6. The number of carbonyl (C=O) groups is 2. The summed E-state index contributed by atoms with van der Waals surface area (Å²) < 4.78 is 0. The molecule has 2 amide bonds. The molecular weight excluding hydrogens is 356 g/mol. The summed E-state index contributed by atoms with van der Waals surface area (Å²) in [5.74, 6) is 1.15. The highest BCUT2D eigenvalue weighted by Crippen LogP contribution is 2.23. The van der Waals surface area contributed by atoms with Crippen LogP contribution in [0.3, 0.4) is 0 Å². The molecule has 1 aliphatic rings. The molecule has 25 heavy (non-hydrogen) atoms. The summed E-state index contributed by atoms with van der Waals surface area (Å²) in [4.78, 5) is 26.6. The van der Waals surface area contributed by atoms with Gasteiger partial charge in [0.25, 0.3) is 5.91 Å². The van der Waals surface area contributed by atoms with Gasteiger partial charge in [0.15, 0.2) is 0 Å². The fourth-order valence-corrected chi connectivity index (χ4v) is 4.03. The number of rotatable bonds is 7. The van der Waals surface area contributed by atoms with Gasteiger partial charge in [-0.05, 0) is 43.9 Å². The Balaban J connectivity index is 1.80. The van der Waals surface area contributed by atoms with Gasteiger partial charge in [-0.3, -0.25) is 9.59 Å². The van der Waals surface area contributed by atoms with Crippen molar-refractivity contribution in [2.24, 2.45) is 0 Å². The van der Waals surface area contributed by atoms with Crippen molar-refractivity contribution in [1.82, 2.24) is 10.2 Å². The fraction of sp³-hybridized carbons (Fsp3) is 0.474. The second-order valence-corrected chi connectivity index (χ2v) is 7.54. The molecule has 1 aromatic rings. The van der Waals surface area contributed by atoms with E-state index in [4.69, 9.17) is 11.6 Å². The number of thioether (sulfide) groups is 1. The van der Waals surface area contributed by atoms with Crippen molar-refractivity contribution in [2.45, 2.75) is 39.2 Å². The number of allylic oxidation sites excluding steroid dienone is 1. The van der Waals surface area contributed by atoms with E-state index in [1.807, 2.05) is 44.2 Å². The average molecular weight is 381 g/mol. The van der Waals surface area contributed by atoms with Crippen LogP contribution in [0.1, 0.15) is 32.3 Å². The molecular formula is C19H25ClN2O2S. The third kappa shape index (κ3) is 5.79. The summed E-state index contributed by atoms with van der Waals surface area (Å²) in [6.45, 7) is 4.42. The van der Waals surface area contributed by atoms with E-state index in [0.29, 0.717) is 23.7 Å². The Bertz CT molecular complexity index is 631. The highest BCUT2D eigenvalue weighted by Gasteiger charge is 2.34. The van der Waals surface area contributed by atoms with E-state index in [9.17, 15) is 9.59 Å². The Morgan fingerprint density at radius 1 is 1.36 bits per heavy atom. The minimum absolute atomic E-state index is 0.0341. The van der Waals surface area contributed by atoms with E-state index in [2.05, 4.69) is 5.32 Å². The molecule has 1 heterocycles. The van der Waals surface area contributed by atoms with Crippen LogP contribution in [0.15, 0.2) is 35.9 Å². The lowest BCUT2D eigenvalue weighted by Gasteiger charge is -2.23. The zero-order chi connectivity index (χ0) is 18.2. The van der Waals surface area contributed by atoms with Crippen molar-refractivity contribution in [2.75, 3.05) is 18.2 Å². The van der Waals surface area contributed by atoms with Crippen LogP contribution in [0.25, 0.3) is 0 Å². The van der Waals surface area contributed by atoms with Gasteiger partial charge in [0.1, 0.15) is 6.04 Å². The maximum absolute atomic E-state index is 12.4. The number of carbonyl (C=O) groups excluding carboxylic acids is 2. The molecule has 0 radical (unpaired) electrons. The predicted molar refractivity (Wildman–Crippen MR) is 105 cm³/mol. The molecule has 1 unspecified atom stereocenters. The molecule has 1 atom stereocenters. The number of benzene rings is 1. The predicted octanol–water partition coefficient (Wildman–Crippen LogP) is 3.65. The topological polar surface area (TPSA) is 49.4 Å². The highest BCUT2D eigenvalue weighted by atomic mass is 35.5. The lowest BCUT2D eigenvalue weighted by molar-refractivity contribution is -0.135. The lowest BCUT2D eigenvalue weighted by atomic mass is 10.1. The van der Waals surface area contributed by atoms with E-state index in [-0.39, 0.29) is 17.9 Å². The van der Waals surface area contributed by atoms with Gasteiger partial charge in [0.05, 0.1) is 5.88 Å². The van der Waals surface area contributed by atoms with Gasteiger partial charge < -0.3 is 10.2 Å². The van der Waals surface area contributed by atoms with E-state index >= 15 is 0 Å². The molecule has 1 fully saturated rings. The van der Waals surface area contributed by atoms with E-state index in [0.717, 1.165) is 24.3 Å². The number of hydrogen-bond donors (Lipinski definition) is 1. The monoisotopic (exact) mass is 380 g/mol. The maximum atomic E-state index is 12.4. The number of amides is 2. The van der Waals surface area contributed by atoms with Crippen molar-refractivity contribution in [1.29, 1.82) is 0 Å². The lowest BCUT2D eigenvalue weighted by Crippen LogP contribution is -2.47. The van der Waals surface area contributed by atoms with E-state index in [1.165, 1.54) is 5.56 Å². The molecule has 1 aromatic carbocycles. The number of halogens is 1. The third-order valence-corrected chi connectivity index (χ3v) is 5.41. The largest absolute Gasteiger partial charge is 0.354 e. The molecule has 1 N–H and O–H groups in total. The highest BCUT2D eigenvalue weighted by molar-refractivity contribution is 7.99. The maximum Gasteiger partial charge on any atom is 0.250 e. The molecule has 6 heteroatoms. The fourth-order valence-electron chi connectivity index (χ4n) is 2.75. The molecule has 0 spiro atoms. The van der Waals surface area contributed by atoms with Crippen LogP contribution in [0.2, 0.25) is 5.02 Å². The smallest absolute Gasteiger partial charge is 0.250 e. The third-order valence-electron chi connectivity index (χ3n) is 4.15. The number of hydrogen-bond acceptors (Lipinski definition) is 3. The van der Waals surface area contributed by atoms with Crippen LogP contribution in [0, 0.1) is 0 Å². The van der Waals surface area contributed by atoms with Crippen molar-refractivity contribution < 1.29 is 9.59 Å². The van der Waals surface area contributed by atoms with Crippen LogP contribution in [0.4, 0.5) is 0 Å². The molecule has 4 nitrogen and oxygen atoms in total. The Kier molecular flexibility index (Phi) is 7.85. The first-order valence-corrected chi connectivity index (χ1v) is 10.1. The molecule has 1 saturated heterocycles. The van der Waals surface area contributed by atoms with Crippen molar-refractivity contribution in [3.63, 3.8) is 0 Å². The Labute approximate surface area is 159 Å². The summed E-state index contributed by atoms with van der Waals surface area (Å²) in [6.07, 6.45) is 4.47. The first-order chi connectivity index (χ1) is 12.0. The van der Waals surface area contributed by atoms with Gasteiger partial charge in [-0.25, -0.2) is 0 Å². The van der Waals surface area contributed by atoms with Gasteiger partial charge in [-0.2, -0.15) is 0 Å². The van der Waals surface area contributed by atoms with Crippen LogP contribution in [-0.4, -0.2) is 40.9 Å². The van der Waals surface area contributed by atoms with Gasteiger partial charge in [-0.1, -0.05) is 36.7 Å². The first kappa shape index (κ1) is 19.9. The first-order valence-electron chi connectivity index (χ1n) is 8.60. The molecule has 0 aliphatic carbocycles. The summed E-state index contributed by atoms with van der Waals surface area (Å²) in [6, 6.07) is 7.39. The van der Waals surface area contributed by atoms with Gasteiger partial charge in [0.2, 0.25) is 5.91 Å². The number of aryl methyl sites for hydroxylation is 1. The van der Waals surface area contributed by atoms with Crippen LogP contribution < -0.4 is 5.32 Å². The Morgan fingerprint density at radius 3 is 2.76 bits per heavy atom. The van der Waals surface area contributed by atoms with E-state index in [1.54, 1.807) is 16.7 Å². The zero-order valence-electron chi connectivity index (χ0n) is 14.8. The quantitative estimate of drug-likeness (QED) is 0.580. The average Bonchev–Trinajstić information content (AvgIpc) is 3.09. The van der Waals surface area contributed by atoms with Crippen molar-refractivity contribution in [3.8, 4) is 0 Å². The molecule has 1 aliphatic heterocycles. The number of nitrogens with one attached hydrogen (secondary N) is 1. The van der Waals surface area contributed by atoms with Crippen LogP contribution >= 0.6 is 23.4 Å². The van der Waals surface area contributed by atoms with Crippen LogP contribution in [-0.2, 0) is 16.0 Å². The second-order valence-electron chi connectivity index (χ2n) is 6.11. The van der Waals surface area contributed by atoms with E-state index < -0.39 is 0 Å². The zero-order valence-corrected chi connectivity index (χ0v) is 16.3. The van der Waals surface area contributed by atoms with Crippen molar-refractivity contribution in [3.05, 3.63) is 46.5 Å². The summed E-state index contributed by atoms with van der Waals surface area (Å²) in [5.41, 5.74) is 1.91. The molecule has 0 saturated carbocycles. The SMILES string of the molecule is CCC=C(C)C(=O)N1CSCC1C(=O)NCCCc1ccc(Cl)cc1. The summed E-state index contributed by atoms with van der Waals surface area (Å²) in [7, 11) is 0. The van der Waals surface area contributed by atoms with Gasteiger partial charge >= 0.3 is 0 Å². The summed E-state index contributed by atoms with van der Waals surface area (Å²) in [5, 5.41) is 3.70. The molecule has 2 rings (SSSR count). The summed E-state index contributed by atoms with van der Waals surface area (Å²) >= 11 is 7.50. The minimum atomic E-state index is -0.367. The minimum Gasteiger partial charge on any atom is -0.354 e.